The molecule has 1 aromatic carbocycles. The monoisotopic (exact) mass is 400 g/mol. The first-order valence-corrected chi connectivity index (χ1v) is 9.84. The number of nitrogens with zero attached hydrogens (tertiary/aromatic N) is 3. The van der Waals surface area contributed by atoms with Crippen molar-refractivity contribution in [2.24, 2.45) is 4.99 Å². The van der Waals surface area contributed by atoms with Gasteiger partial charge in [0.2, 0.25) is 0 Å². The third-order valence-corrected chi connectivity index (χ3v) is 4.88. The molecule has 0 amide bonds. The zero-order valence-corrected chi connectivity index (χ0v) is 16.9. The van der Waals surface area contributed by atoms with Gasteiger partial charge in [0, 0.05) is 39.3 Å². The molecule has 0 saturated carbocycles. The number of alkyl halides is 3. The van der Waals surface area contributed by atoms with Crippen molar-refractivity contribution in [3.8, 4) is 0 Å². The fourth-order valence-corrected chi connectivity index (χ4v) is 3.08. The Hall–Kier alpha value is -1.80. The highest BCUT2D eigenvalue weighted by atomic mass is 19.4. The van der Waals surface area contributed by atoms with Gasteiger partial charge in [0.25, 0.3) is 0 Å². The molecule has 0 aliphatic carbocycles. The predicted molar refractivity (Wildman–Crippen MR) is 105 cm³/mol. The van der Waals surface area contributed by atoms with Crippen LogP contribution in [0.4, 0.5) is 13.2 Å². The first-order valence-electron chi connectivity index (χ1n) is 9.84. The lowest BCUT2D eigenvalue weighted by Crippen LogP contribution is -2.56. The average molecular weight is 400 g/mol. The SMILES string of the molecule is CCNC(=NCc1ccc(COCC)cc1)N1CCN(C(C)C(F)(F)F)CC1. The van der Waals surface area contributed by atoms with Gasteiger partial charge >= 0.3 is 6.18 Å². The molecule has 8 heteroatoms. The summed E-state index contributed by atoms with van der Waals surface area (Å²) in [7, 11) is 0. The highest BCUT2D eigenvalue weighted by molar-refractivity contribution is 5.80. The van der Waals surface area contributed by atoms with E-state index >= 15 is 0 Å². The van der Waals surface area contributed by atoms with Gasteiger partial charge < -0.3 is 15.0 Å². The van der Waals surface area contributed by atoms with Crippen LogP contribution in [0.15, 0.2) is 29.3 Å². The molecule has 0 radical (unpaired) electrons. The zero-order valence-electron chi connectivity index (χ0n) is 16.9. The van der Waals surface area contributed by atoms with Gasteiger partial charge in [-0.05, 0) is 31.9 Å². The third-order valence-electron chi connectivity index (χ3n) is 4.88. The molecule has 1 atom stereocenters. The van der Waals surface area contributed by atoms with Gasteiger partial charge in [-0.2, -0.15) is 13.2 Å². The number of rotatable bonds is 7. The molecule has 158 valence electrons. The summed E-state index contributed by atoms with van der Waals surface area (Å²) in [5.74, 6) is 0.750. The van der Waals surface area contributed by atoms with Gasteiger partial charge in [0.1, 0.15) is 6.04 Å². The molecule has 0 bridgehead atoms. The number of aliphatic imine (C=N–C) groups is 1. The minimum atomic E-state index is -4.19. The number of hydrogen-bond acceptors (Lipinski definition) is 3. The zero-order chi connectivity index (χ0) is 20.6. The molecule has 1 unspecified atom stereocenters. The number of hydrogen-bond donors (Lipinski definition) is 1. The molecular weight excluding hydrogens is 369 g/mol. The van der Waals surface area contributed by atoms with E-state index in [4.69, 9.17) is 4.74 Å². The van der Waals surface area contributed by atoms with Crippen LogP contribution in [-0.4, -0.2) is 67.3 Å². The van der Waals surface area contributed by atoms with Crippen LogP contribution in [-0.2, 0) is 17.9 Å². The molecule has 5 nitrogen and oxygen atoms in total. The van der Waals surface area contributed by atoms with Crippen LogP contribution in [0, 0.1) is 0 Å². The molecule has 1 fully saturated rings. The van der Waals surface area contributed by atoms with Crippen molar-refractivity contribution < 1.29 is 17.9 Å². The van der Waals surface area contributed by atoms with Crippen LogP contribution < -0.4 is 5.32 Å². The Bertz CT molecular complexity index is 611. The second-order valence-electron chi connectivity index (χ2n) is 6.86. The van der Waals surface area contributed by atoms with E-state index in [9.17, 15) is 13.2 Å². The predicted octanol–water partition coefficient (Wildman–Crippen LogP) is 3.26. The number of piperazine rings is 1. The van der Waals surface area contributed by atoms with Gasteiger partial charge in [0.15, 0.2) is 5.96 Å². The van der Waals surface area contributed by atoms with Crippen molar-refractivity contribution >= 4 is 5.96 Å². The van der Waals surface area contributed by atoms with E-state index in [1.54, 1.807) is 0 Å². The Morgan fingerprint density at radius 1 is 1.11 bits per heavy atom. The van der Waals surface area contributed by atoms with Crippen LogP contribution in [0.5, 0.6) is 0 Å². The first-order chi connectivity index (χ1) is 13.3. The third kappa shape index (κ3) is 6.67. The molecule has 1 N–H and O–H groups in total. The molecule has 0 spiro atoms. The van der Waals surface area contributed by atoms with Crippen molar-refractivity contribution in [1.29, 1.82) is 0 Å². The van der Waals surface area contributed by atoms with Crippen LogP contribution in [0.2, 0.25) is 0 Å². The summed E-state index contributed by atoms with van der Waals surface area (Å²) in [6, 6.07) is 6.72. The summed E-state index contributed by atoms with van der Waals surface area (Å²) < 4.78 is 44.1. The summed E-state index contributed by atoms with van der Waals surface area (Å²) in [5.41, 5.74) is 2.20. The Morgan fingerprint density at radius 2 is 1.71 bits per heavy atom. The van der Waals surface area contributed by atoms with Crippen LogP contribution in [0.1, 0.15) is 31.9 Å². The van der Waals surface area contributed by atoms with E-state index < -0.39 is 12.2 Å². The molecule has 28 heavy (non-hydrogen) atoms. The Labute approximate surface area is 165 Å². The van der Waals surface area contributed by atoms with E-state index in [1.165, 1.54) is 11.8 Å². The number of ether oxygens (including phenoxy) is 1. The van der Waals surface area contributed by atoms with E-state index in [-0.39, 0.29) is 0 Å². The number of nitrogens with one attached hydrogen (secondary N) is 1. The summed E-state index contributed by atoms with van der Waals surface area (Å²) in [6.07, 6.45) is -4.19. The lowest BCUT2D eigenvalue weighted by Gasteiger charge is -2.39. The lowest BCUT2D eigenvalue weighted by atomic mass is 10.1. The summed E-state index contributed by atoms with van der Waals surface area (Å²) in [5, 5.41) is 3.25. The van der Waals surface area contributed by atoms with E-state index in [1.807, 2.05) is 43.0 Å². The van der Waals surface area contributed by atoms with Crippen LogP contribution in [0.3, 0.4) is 0 Å². The topological polar surface area (TPSA) is 40.1 Å². The summed E-state index contributed by atoms with van der Waals surface area (Å²) >= 11 is 0. The normalized spacial score (nSPS) is 17.6. The Balaban J connectivity index is 1.94. The van der Waals surface area contributed by atoms with Crippen molar-refractivity contribution in [3.63, 3.8) is 0 Å². The van der Waals surface area contributed by atoms with Gasteiger partial charge in [-0.25, -0.2) is 4.99 Å². The maximum absolute atomic E-state index is 12.9. The molecule has 0 aromatic heterocycles. The van der Waals surface area contributed by atoms with Crippen molar-refractivity contribution in [2.45, 2.75) is 46.1 Å². The highest BCUT2D eigenvalue weighted by Gasteiger charge is 2.41. The number of guanidine groups is 1. The molecule has 1 saturated heterocycles. The van der Waals surface area contributed by atoms with Crippen molar-refractivity contribution in [1.82, 2.24) is 15.1 Å². The quantitative estimate of drug-likeness (QED) is 0.563. The fourth-order valence-electron chi connectivity index (χ4n) is 3.08. The maximum Gasteiger partial charge on any atom is 0.403 e. The van der Waals surface area contributed by atoms with Gasteiger partial charge in [-0.15, -0.1) is 0 Å². The van der Waals surface area contributed by atoms with Gasteiger partial charge in [-0.1, -0.05) is 24.3 Å². The Morgan fingerprint density at radius 3 is 2.25 bits per heavy atom. The standard InChI is InChI=1S/C20H31F3N4O/c1-4-24-19(25-14-17-6-8-18(9-7-17)15-28-5-2)27-12-10-26(11-13-27)16(3)20(21,22)23/h6-9,16H,4-5,10-15H2,1-3H3,(H,24,25). The van der Waals surface area contributed by atoms with E-state index in [2.05, 4.69) is 10.3 Å². The first kappa shape index (κ1) is 22.5. The fraction of sp³-hybridized carbons (Fsp3) is 0.650. The minimum absolute atomic E-state index is 0.372. The average Bonchev–Trinajstić information content (AvgIpc) is 2.69. The molecule has 2 rings (SSSR count). The Kier molecular flexibility index (Phi) is 8.57. The summed E-state index contributed by atoms with van der Waals surface area (Å²) in [4.78, 5) is 8.19. The number of halogens is 3. The van der Waals surface area contributed by atoms with E-state index in [0.717, 1.165) is 17.1 Å². The van der Waals surface area contributed by atoms with Crippen molar-refractivity contribution in [3.05, 3.63) is 35.4 Å². The highest BCUT2D eigenvalue weighted by Crippen LogP contribution is 2.25. The second-order valence-corrected chi connectivity index (χ2v) is 6.86. The van der Waals surface area contributed by atoms with Gasteiger partial charge in [-0.3, -0.25) is 4.90 Å². The largest absolute Gasteiger partial charge is 0.403 e. The maximum atomic E-state index is 12.9. The smallest absolute Gasteiger partial charge is 0.377 e. The molecule has 1 aromatic rings. The summed E-state index contributed by atoms with van der Waals surface area (Å²) in [6.45, 7) is 9.50. The lowest BCUT2D eigenvalue weighted by molar-refractivity contribution is -0.181. The molecule has 1 aliphatic heterocycles. The molecular formula is C20H31F3N4O. The van der Waals surface area contributed by atoms with Crippen molar-refractivity contribution in [2.75, 3.05) is 39.3 Å². The van der Waals surface area contributed by atoms with E-state index in [0.29, 0.717) is 52.5 Å². The van der Waals surface area contributed by atoms with Crippen LogP contribution in [0.25, 0.3) is 0 Å². The second kappa shape index (κ2) is 10.7. The van der Waals surface area contributed by atoms with Crippen LogP contribution >= 0.6 is 0 Å². The number of benzene rings is 1. The minimum Gasteiger partial charge on any atom is -0.377 e. The molecule has 1 heterocycles. The molecule has 1 aliphatic rings. The van der Waals surface area contributed by atoms with Gasteiger partial charge in [0.05, 0.1) is 13.2 Å².